The van der Waals surface area contributed by atoms with Crippen molar-refractivity contribution in [2.24, 2.45) is 0 Å². The van der Waals surface area contributed by atoms with Crippen LogP contribution < -0.4 is 5.32 Å². The topological polar surface area (TPSA) is 75.1 Å². The SMILES string of the molecule is Cc1cc(C(=O)O)cc(Nc2nc(C(C)C)cs2)n1. The van der Waals surface area contributed by atoms with Crippen LogP contribution in [0.2, 0.25) is 0 Å². The number of nitrogens with zero attached hydrogens (tertiary/aromatic N) is 2. The highest BCUT2D eigenvalue weighted by molar-refractivity contribution is 7.13. The predicted octanol–water partition coefficient (Wildman–Crippen LogP) is 3.41. The van der Waals surface area contributed by atoms with E-state index in [-0.39, 0.29) is 5.56 Å². The summed E-state index contributed by atoms with van der Waals surface area (Å²) in [5.41, 5.74) is 1.89. The Balaban J connectivity index is 2.24. The van der Waals surface area contributed by atoms with Gasteiger partial charge in [-0.2, -0.15) is 0 Å². The molecule has 0 spiro atoms. The fraction of sp³-hybridized carbons (Fsp3) is 0.308. The van der Waals surface area contributed by atoms with Crippen LogP contribution in [0, 0.1) is 6.92 Å². The molecule has 0 saturated carbocycles. The zero-order valence-corrected chi connectivity index (χ0v) is 11.8. The highest BCUT2D eigenvalue weighted by Crippen LogP contribution is 2.24. The molecule has 0 aliphatic rings. The molecule has 0 bridgehead atoms. The summed E-state index contributed by atoms with van der Waals surface area (Å²) in [6, 6.07) is 3.04. The largest absolute Gasteiger partial charge is 0.478 e. The minimum Gasteiger partial charge on any atom is -0.478 e. The number of rotatable bonds is 4. The molecule has 2 aromatic rings. The van der Waals surface area contributed by atoms with Crippen LogP contribution in [0.15, 0.2) is 17.5 Å². The van der Waals surface area contributed by atoms with Gasteiger partial charge in [-0.1, -0.05) is 13.8 Å². The van der Waals surface area contributed by atoms with Gasteiger partial charge in [0.05, 0.1) is 11.3 Å². The van der Waals surface area contributed by atoms with Gasteiger partial charge in [0.2, 0.25) is 0 Å². The Morgan fingerprint density at radius 1 is 1.37 bits per heavy atom. The van der Waals surface area contributed by atoms with Crippen LogP contribution in [0.1, 0.15) is 41.5 Å². The van der Waals surface area contributed by atoms with Crippen LogP contribution >= 0.6 is 11.3 Å². The number of carboxylic acid groups (broad SMARTS) is 1. The van der Waals surface area contributed by atoms with E-state index in [0.29, 0.717) is 17.4 Å². The minimum atomic E-state index is -0.962. The molecular weight excluding hydrogens is 262 g/mol. The number of aryl methyl sites for hydroxylation is 1. The molecule has 2 rings (SSSR count). The lowest BCUT2D eigenvalue weighted by molar-refractivity contribution is 0.0696. The van der Waals surface area contributed by atoms with E-state index >= 15 is 0 Å². The molecule has 0 radical (unpaired) electrons. The molecule has 0 aliphatic heterocycles. The van der Waals surface area contributed by atoms with Crippen molar-refractivity contribution in [1.29, 1.82) is 0 Å². The number of nitrogens with one attached hydrogen (secondary N) is 1. The Morgan fingerprint density at radius 3 is 2.68 bits per heavy atom. The van der Waals surface area contributed by atoms with Crippen molar-refractivity contribution < 1.29 is 9.90 Å². The summed E-state index contributed by atoms with van der Waals surface area (Å²) in [4.78, 5) is 19.7. The second-order valence-corrected chi connectivity index (χ2v) is 5.40. The second kappa shape index (κ2) is 5.36. The third-order valence-corrected chi connectivity index (χ3v) is 3.32. The number of carbonyl (C=O) groups is 1. The molecule has 6 heteroatoms. The Labute approximate surface area is 115 Å². The summed E-state index contributed by atoms with van der Waals surface area (Å²) in [5.74, 6) is -0.0931. The van der Waals surface area contributed by atoms with Crippen LogP contribution in [-0.4, -0.2) is 21.0 Å². The maximum absolute atomic E-state index is 11.0. The van der Waals surface area contributed by atoms with E-state index in [0.717, 1.165) is 10.8 Å². The summed E-state index contributed by atoms with van der Waals surface area (Å²) in [7, 11) is 0. The summed E-state index contributed by atoms with van der Waals surface area (Å²) < 4.78 is 0. The van der Waals surface area contributed by atoms with Crippen LogP contribution in [0.5, 0.6) is 0 Å². The molecule has 0 atom stereocenters. The molecule has 0 unspecified atom stereocenters. The first-order valence-corrected chi connectivity index (χ1v) is 6.78. The van der Waals surface area contributed by atoms with E-state index in [9.17, 15) is 4.79 Å². The standard InChI is InChI=1S/C13H15N3O2S/c1-7(2)10-6-19-13(15-10)16-11-5-9(12(17)18)4-8(3)14-11/h4-7H,1-3H3,(H,17,18)(H,14,15,16). The van der Waals surface area contributed by atoms with Gasteiger partial charge in [-0.05, 0) is 25.0 Å². The lowest BCUT2D eigenvalue weighted by Gasteiger charge is -2.05. The lowest BCUT2D eigenvalue weighted by atomic mass is 10.2. The van der Waals surface area contributed by atoms with E-state index in [4.69, 9.17) is 5.11 Å². The number of carboxylic acids is 1. The smallest absolute Gasteiger partial charge is 0.335 e. The zero-order chi connectivity index (χ0) is 14.0. The molecule has 100 valence electrons. The van der Waals surface area contributed by atoms with Gasteiger partial charge in [0, 0.05) is 11.1 Å². The minimum absolute atomic E-state index is 0.218. The van der Waals surface area contributed by atoms with E-state index in [1.807, 2.05) is 5.38 Å². The average molecular weight is 277 g/mol. The van der Waals surface area contributed by atoms with Crippen LogP contribution in [0.25, 0.3) is 0 Å². The summed E-state index contributed by atoms with van der Waals surface area (Å²) in [5, 5.41) is 14.8. The van der Waals surface area contributed by atoms with Crippen molar-refractivity contribution in [2.75, 3.05) is 5.32 Å². The summed E-state index contributed by atoms with van der Waals surface area (Å²) in [6.07, 6.45) is 0. The molecule has 0 saturated heterocycles. The first kappa shape index (κ1) is 13.5. The fourth-order valence-electron chi connectivity index (χ4n) is 1.57. The molecular formula is C13H15N3O2S. The molecule has 2 N–H and O–H groups in total. The molecule has 0 amide bonds. The maximum Gasteiger partial charge on any atom is 0.335 e. The molecule has 0 fully saturated rings. The first-order chi connectivity index (χ1) is 8.95. The van der Waals surface area contributed by atoms with Gasteiger partial charge in [-0.15, -0.1) is 11.3 Å². The third kappa shape index (κ3) is 3.29. The number of anilines is 2. The van der Waals surface area contributed by atoms with E-state index < -0.39 is 5.97 Å². The van der Waals surface area contributed by atoms with Gasteiger partial charge in [0.15, 0.2) is 5.13 Å². The fourth-order valence-corrected chi connectivity index (χ4v) is 2.45. The van der Waals surface area contributed by atoms with Crippen LogP contribution in [0.4, 0.5) is 10.9 Å². The molecule has 0 aromatic carbocycles. The van der Waals surface area contributed by atoms with Crippen molar-refractivity contribution in [1.82, 2.24) is 9.97 Å². The Bertz CT molecular complexity index is 608. The Morgan fingerprint density at radius 2 is 2.11 bits per heavy atom. The second-order valence-electron chi connectivity index (χ2n) is 4.54. The molecule has 19 heavy (non-hydrogen) atoms. The van der Waals surface area contributed by atoms with Crippen molar-refractivity contribution in [3.8, 4) is 0 Å². The van der Waals surface area contributed by atoms with Crippen LogP contribution in [-0.2, 0) is 0 Å². The highest BCUT2D eigenvalue weighted by Gasteiger charge is 2.09. The molecule has 0 aliphatic carbocycles. The van der Waals surface area contributed by atoms with Gasteiger partial charge in [-0.25, -0.2) is 14.8 Å². The number of hydrogen-bond donors (Lipinski definition) is 2. The number of thiazole rings is 1. The lowest BCUT2D eigenvalue weighted by Crippen LogP contribution is -2.02. The zero-order valence-electron chi connectivity index (χ0n) is 11.0. The van der Waals surface area contributed by atoms with Crippen molar-refractivity contribution in [2.45, 2.75) is 26.7 Å². The van der Waals surface area contributed by atoms with Crippen LogP contribution in [0.3, 0.4) is 0 Å². The van der Waals surface area contributed by atoms with E-state index in [2.05, 4.69) is 29.1 Å². The number of aromatic nitrogens is 2. The quantitative estimate of drug-likeness (QED) is 0.895. The first-order valence-electron chi connectivity index (χ1n) is 5.90. The monoisotopic (exact) mass is 277 g/mol. The molecule has 2 heterocycles. The summed E-state index contributed by atoms with van der Waals surface area (Å²) in [6.45, 7) is 5.91. The van der Waals surface area contributed by atoms with Gasteiger partial charge < -0.3 is 10.4 Å². The van der Waals surface area contributed by atoms with Gasteiger partial charge >= 0.3 is 5.97 Å². The van der Waals surface area contributed by atoms with Crippen molar-refractivity contribution in [3.05, 3.63) is 34.5 Å². The molecule has 2 aromatic heterocycles. The van der Waals surface area contributed by atoms with Gasteiger partial charge in [0.1, 0.15) is 5.82 Å². The van der Waals surface area contributed by atoms with Crippen molar-refractivity contribution >= 4 is 28.3 Å². The highest BCUT2D eigenvalue weighted by atomic mass is 32.1. The van der Waals surface area contributed by atoms with Gasteiger partial charge in [-0.3, -0.25) is 0 Å². The Kier molecular flexibility index (Phi) is 3.80. The predicted molar refractivity (Wildman–Crippen MR) is 75.4 cm³/mol. The number of aromatic carboxylic acids is 1. The average Bonchev–Trinajstić information content (AvgIpc) is 2.76. The number of hydrogen-bond acceptors (Lipinski definition) is 5. The third-order valence-electron chi connectivity index (χ3n) is 2.55. The number of pyridine rings is 1. The normalized spacial score (nSPS) is 10.7. The van der Waals surface area contributed by atoms with Crippen molar-refractivity contribution in [3.63, 3.8) is 0 Å². The van der Waals surface area contributed by atoms with E-state index in [1.54, 1.807) is 6.92 Å². The maximum atomic E-state index is 11.0. The Hall–Kier alpha value is -1.95. The van der Waals surface area contributed by atoms with Gasteiger partial charge in [0.25, 0.3) is 0 Å². The van der Waals surface area contributed by atoms with E-state index in [1.165, 1.54) is 23.5 Å². The molecule has 5 nitrogen and oxygen atoms in total. The summed E-state index contributed by atoms with van der Waals surface area (Å²) >= 11 is 1.48.